The summed E-state index contributed by atoms with van der Waals surface area (Å²) >= 11 is 0. The molecule has 0 radical (unpaired) electrons. The van der Waals surface area contributed by atoms with Crippen molar-refractivity contribution in [3.8, 4) is 0 Å². The van der Waals surface area contributed by atoms with Crippen molar-refractivity contribution in [2.45, 2.75) is 69.0 Å². The lowest BCUT2D eigenvalue weighted by Crippen LogP contribution is -2.46. The van der Waals surface area contributed by atoms with Gasteiger partial charge in [0, 0.05) is 24.8 Å². The Balaban J connectivity index is 2.35. The van der Waals surface area contributed by atoms with E-state index in [1.165, 1.54) is 4.90 Å². The van der Waals surface area contributed by atoms with Crippen LogP contribution in [0.3, 0.4) is 0 Å². The van der Waals surface area contributed by atoms with Crippen LogP contribution in [0.4, 0.5) is 39.5 Å². The Kier molecular flexibility index (Phi) is 8.69. The molecule has 0 aliphatic carbocycles. The quantitative estimate of drug-likeness (QED) is 0.413. The molecule has 33 heavy (non-hydrogen) atoms. The van der Waals surface area contributed by atoms with Crippen LogP contribution in [-0.2, 0) is 11.0 Å². The van der Waals surface area contributed by atoms with Gasteiger partial charge in [-0.3, -0.25) is 9.69 Å². The van der Waals surface area contributed by atoms with Crippen molar-refractivity contribution in [2.75, 3.05) is 13.1 Å². The standard InChI is InChI=1S/C21H24F9NO2/c22-19(23,24)8-5-17(31-9-6-13(7-10-31)11-18(32)33)16(12-20(25,26)27)14-1-3-15(4-2-14)21(28,29)30/h1-4,13,16-17H,5-12H2,(H,32,33)/t16-,17?/m0/s1. The van der Waals surface area contributed by atoms with Crippen molar-refractivity contribution in [1.82, 2.24) is 4.90 Å². The number of aliphatic carboxylic acids is 1. The highest BCUT2D eigenvalue weighted by Gasteiger charge is 2.41. The molecule has 1 unspecified atom stereocenters. The van der Waals surface area contributed by atoms with Gasteiger partial charge >= 0.3 is 24.5 Å². The third kappa shape index (κ3) is 9.05. The lowest BCUT2D eigenvalue weighted by Gasteiger charge is -2.42. The van der Waals surface area contributed by atoms with E-state index in [0.717, 1.165) is 12.1 Å². The monoisotopic (exact) mass is 493 g/mol. The number of rotatable bonds is 8. The summed E-state index contributed by atoms with van der Waals surface area (Å²) in [5, 5.41) is 8.91. The van der Waals surface area contributed by atoms with Gasteiger partial charge < -0.3 is 5.11 Å². The van der Waals surface area contributed by atoms with Gasteiger partial charge in [0.25, 0.3) is 0 Å². The number of alkyl halides is 9. The van der Waals surface area contributed by atoms with Crippen LogP contribution in [0.2, 0.25) is 0 Å². The Bertz CT molecular complexity index is 764. The van der Waals surface area contributed by atoms with E-state index in [1.807, 2.05) is 0 Å². The average Bonchev–Trinajstić information content (AvgIpc) is 2.65. The minimum absolute atomic E-state index is 0.107. The second-order valence-corrected chi connectivity index (χ2v) is 8.34. The number of nitrogens with zero attached hydrogens (tertiary/aromatic N) is 1. The zero-order valence-corrected chi connectivity index (χ0v) is 17.4. The van der Waals surface area contributed by atoms with Gasteiger partial charge in [0.1, 0.15) is 0 Å². The first-order valence-electron chi connectivity index (χ1n) is 10.3. The molecule has 2 rings (SSSR count). The molecule has 0 saturated carbocycles. The molecule has 0 aromatic heterocycles. The minimum atomic E-state index is -4.76. The number of carbonyl (C=O) groups is 1. The maximum atomic E-state index is 13.4. The van der Waals surface area contributed by atoms with E-state index in [2.05, 4.69) is 0 Å². The Morgan fingerprint density at radius 1 is 0.939 bits per heavy atom. The number of carboxylic acids is 1. The molecule has 1 fully saturated rings. The summed E-state index contributed by atoms with van der Waals surface area (Å²) < 4.78 is 118. The summed E-state index contributed by atoms with van der Waals surface area (Å²) in [4.78, 5) is 12.4. The van der Waals surface area contributed by atoms with Gasteiger partial charge in [0.2, 0.25) is 0 Å². The molecular formula is C21H24F9NO2. The highest BCUT2D eigenvalue weighted by Crippen LogP contribution is 2.41. The van der Waals surface area contributed by atoms with Gasteiger partial charge in [-0.25, -0.2) is 0 Å². The Hall–Kier alpha value is -1.98. The topological polar surface area (TPSA) is 40.5 Å². The normalized spacial score (nSPS) is 18.8. The van der Waals surface area contributed by atoms with Crippen LogP contribution < -0.4 is 0 Å². The third-order valence-corrected chi connectivity index (χ3v) is 5.89. The van der Waals surface area contributed by atoms with Gasteiger partial charge in [0.15, 0.2) is 0 Å². The fourth-order valence-corrected chi connectivity index (χ4v) is 4.33. The van der Waals surface area contributed by atoms with Gasteiger partial charge in [0.05, 0.1) is 12.0 Å². The van der Waals surface area contributed by atoms with Crippen LogP contribution in [0.15, 0.2) is 24.3 Å². The zero-order chi connectivity index (χ0) is 25.0. The van der Waals surface area contributed by atoms with Crippen molar-refractivity contribution >= 4 is 5.97 Å². The highest BCUT2D eigenvalue weighted by molar-refractivity contribution is 5.67. The first kappa shape index (κ1) is 27.3. The maximum absolute atomic E-state index is 13.4. The van der Waals surface area contributed by atoms with E-state index >= 15 is 0 Å². The number of carboxylic acid groups (broad SMARTS) is 1. The highest BCUT2D eigenvalue weighted by atomic mass is 19.4. The van der Waals surface area contributed by atoms with Crippen molar-refractivity contribution in [1.29, 1.82) is 0 Å². The number of hydrogen-bond donors (Lipinski definition) is 1. The molecule has 0 amide bonds. The van der Waals surface area contributed by atoms with Gasteiger partial charge in [-0.05, 0) is 56.0 Å². The smallest absolute Gasteiger partial charge is 0.416 e. The van der Waals surface area contributed by atoms with E-state index < -0.39 is 61.3 Å². The Morgan fingerprint density at radius 2 is 1.48 bits per heavy atom. The molecular weight excluding hydrogens is 469 g/mol. The molecule has 0 bridgehead atoms. The number of likely N-dealkylation sites (tertiary alicyclic amines) is 1. The molecule has 1 aliphatic heterocycles. The van der Waals surface area contributed by atoms with E-state index in [1.54, 1.807) is 0 Å². The molecule has 2 atom stereocenters. The van der Waals surface area contributed by atoms with Gasteiger partial charge in [-0.15, -0.1) is 0 Å². The molecule has 3 nitrogen and oxygen atoms in total. The van der Waals surface area contributed by atoms with E-state index in [-0.39, 0.29) is 31.0 Å². The predicted molar refractivity (Wildman–Crippen MR) is 100 cm³/mol. The lowest BCUT2D eigenvalue weighted by atomic mass is 9.82. The minimum Gasteiger partial charge on any atom is -0.481 e. The molecule has 1 aliphatic rings. The van der Waals surface area contributed by atoms with Crippen LogP contribution in [0.5, 0.6) is 0 Å². The third-order valence-electron chi connectivity index (χ3n) is 5.89. The van der Waals surface area contributed by atoms with Crippen LogP contribution in [-0.4, -0.2) is 47.5 Å². The fraction of sp³-hybridized carbons (Fsp3) is 0.667. The first-order valence-corrected chi connectivity index (χ1v) is 10.3. The lowest BCUT2D eigenvalue weighted by molar-refractivity contribution is -0.150. The van der Waals surface area contributed by atoms with Crippen LogP contribution in [0, 0.1) is 5.92 Å². The first-order chi connectivity index (χ1) is 15.0. The molecule has 188 valence electrons. The molecule has 1 aromatic carbocycles. The summed E-state index contributed by atoms with van der Waals surface area (Å²) in [6.45, 7) is 0.213. The summed E-state index contributed by atoms with van der Waals surface area (Å²) in [6, 6.07) is 1.79. The summed E-state index contributed by atoms with van der Waals surface area (Å²) in [5.41, 5.74) is -1.20. The summed E-state index contributed by atoms with van der Waals surface area (Å²) in [7, 11) is 0. The molecule has 0 spiro atoms. The largest absolute Gasteiger partial charge is 0.481 e. The fourth-order valence-electron chi connectivity index (χ4n) is 4.33. The molecule has 1 aromatic rings. The Morgan fingerprint density at radius 3 is 1.91 bits per heavy atom. The van der Waals surface area contributed by atoms with E-state index in [4.69, 9.17) is 5.11 Å². The van der Waals surface area contributed by atoms with Gasteiger partial charge in [-0.2, -0.15) is 39.5 Å². The van der Waals surface area contributed by atoms with Crippen LogP contribution in [0.25, 0.3) is 0 Å². The second-order valence-electron chi connectivity index (χ2n) is 8.34. The molecule has 12 heteroatoms. The van der Waals surface area contributed by atoms with Crippen LogP contribution >= 0.6 is 0 Å². The number of benzene rings is 1. The number of halogens is 9. The SMILES string of the molecule is O=C(O)CC1CCN(C(CCC(F)(F)F)[C@@H](CC(F)(F)F)c2ccc(C(F)(F)F)cc2)CC1. The second kappa shape index (κ2) is 10.5. The molecule has 1 heterocycles. The zero-order valence-electron chi connectivity index (χ0n) is 17.4. The predicted octanol–water partition coefficient (Wildman–Crippen LogP) is 6.64. The maximum Gasteiger partial charge on any atom is 0.416 e. The Labute approximate surface area is 184 Å². The van der Waals surface area contributed by atoms with Crippen LogP contribution in [0.1, 0.15) is 55.6 Å². The number of piperidine rings is 1. The van der Waals surface area contributed by atoms with E-state index in [0.29, 0.717) is 25.0 Å². The summed E-state index contributed by atoms with van der Waals surface area (Å²) in [6.07, 6.45) is -17.1. The molecule has 1 N–H and O–H groups in total. The average molecular weight is 493 g/mol. The summed E-state index contributed by atoms with van der Waals surface area (Å²) in [5.74, 6) is -2.79. The van der Waals surface area contributed by atoms with Crippen molar-refractivity contribution < 1.29 is 49.4 Å². The van der Waals surface area contributed by atoms with Crippen molar-refractivity contribution in [3.05, 3.63) is 35.4 Å². The van der Waals surface area contributed by atoms with Crippen molar-refractivity contribution in [2.24, 2.45) is 5.92 Å². The van der Waals surface area contributed by atoms with E-state index in [9.17, 15) is 44.3 Å². The van der Waals surface area contributed by atoms with Crippen molar-refractivity contribution in [3.63, 3.8) is 0 Å². The van der Waals surface area contributed by atoms with Gasteiger partial charge in [-0.1, -0.05) is 12.1 Å². The molecule has 1 saturated heterocycles. The number of hydrogen-bond acceptors (Lipinski definition) is 2.